The van der Waals surface area contributed by atoms with E-state index in [9.17, 15) is 4.79 Å². The average molecular weight is 335 g/mol. The molecule has 0 spiro atoms. The van der Waals surface area contributed by atoms with Crippen molar-refractivity contribution in [3.05, 3.63) is 40.1 Å². The van der Waals surface area contributed by atoms with E-state index in [4.69, 9.17) is 14.2 Å². The van der Waals surface area contributed by atoms with Crippen molar-refractivity contribution in [1.82, 2.24) is 4.90 Å². The maximum Gasteiger partial charge on any atom is 0.253 e. The van der Waals surface area contributed by atoms with E-state index < -0.39 is 0 Å². The predicted octanol–water partition coefficient (Wildman–Crippen LogP) is 3.09. The Kier molecular flexibility index (Phi) is 5.87. The largest absolute Gasteiger partial charge is 0.493 e. The third kappa shape index (κ3) is 3.96. The standard InChI is InChI=1S/C17H21NO4S/c1-18(8-7-13-6-5-9-23-13)17(19)12-10-14(20-2)16(22-4)15(11-12)21-3/h5-6,9-11H,7-8H2,1-4H3. The zero-order valence-electron chi connectivity index (χ0n) is 13.8. The lowest BCUT2D eigenvalue weighted by molar-refractivity contribution is 0.0796. The van der Waals surface area contributed by atoms with Gasteiger partial charge in [-0.1, -0.05) is 6.07 Å². The molecule has 0 N–H and O–H groups in total. The summed E-state index contributed by atoms with van der Waals surface area (Å²) >= 11 is 1.70. The smallest absolute Gasteiger partial charge is 0.253 e. The second kappa shape index (κ2) is 7.87. The molecule has 0 fully saturated rings. The number of hydrogen-bond acceptors (Lipinski definition) is 5. The number of methoxy groups -OCH3 is 3. The molecular weight excluding hydrogens is 314 g/mol. The molecule has 0 aliphatic heterocycles. The quantitative estimate of drug-likeness (QED) is 0.780. The highest BCUT2D eigenvalue weighted by Crippen LogP contribution is 2.38. The maximum absolute atomic E-state index is 12.6. The van der Waals surface area contributed by atoms with Crippen LogP contribution in [0.25, 0.3) is 0 Å². The highest BCUT2D eigenvalue weighted by molar-refractivity contribution is 7.09. The van der Waals surface area contributed by atoms with Crippen LogP contribution in [0.15, 0.2) is 29.6 Å². The Morgan fingerprint density at radius 1 is 1.13 bits per heavy atom. The first-order valence-electron chi connectivity index (χ1n) is 7.18. The van der Waals surface area contributed by atoms with E-state index in [-0.39, 0.29) is 5.91 Å². The van der Waals surface area contributed by atoms with Gasteiger partial charge < -0.3 is 19.1 Å². The number of rotatable bonds is 7. The van der Waals surface area contributed by atoms with Gasteiger partial charge in [-0.3, -0.25) is 4.79 Å². The second-order valence-electron chi connectivity index (χ2n) is 4.97. The van der Waals surface area contributed by atoms with Crippen molar-refractivity contribution in [2.75, 3.05) is 34.9 Å². The van der Waals surface area contributed by atoms with Crippen LogP contribution in [0.5, 0.6) is 17.2 Å². The minimum atomic E-state index is -0.0826. The van der Waals surface area contributed by atoms with Crippen LogP contribution < -0.4 is 14.2 Å². The maximum atomic E-state index is 12.6. The van der Waals surface area contributed by atoms with Gasteiger partial charge in [0.25, 0.3) is 5.91 Å². The number of nitrogens with zero attached hydrogens (tertiary/aromatic N) is 1. The minimum Gasteiger partial charge on any atom is -0.493 e. The molecule has 0 aliphatic carbocycles. The topological polar surface area (TPSA) is 48.0 Å². The van der Waals surface area contributed by atoms with Gasteiger partial charge in [-0.15, -0.1) is 11.3 Å². The summed E-state index contributed by atoms with van der Waals surface area (Å²) in [5.41, 5.74) is 0.508. The van der Waals surface area contributed by atoms with Crippen molar-refractivity contribution in [3.63, 3.8) is 0 Å². The molecule has 0 radical (unpaired) electrons. The van der Waals surface area contributed by atoms with Gasteiger partial charge in [0.05, 0.1) is 21.3 Å². The SMILES string of the molecule is COc1cc(C(=O)N(C)CCc2cccs2)cc(OC)c1OC. The fraction of sp³-hybridized carbons (Fsp3) is 0.353. The molecule has 0 saturated carbocycles. The van der Waals surface area contributed by atoms with E-state index in [0.29, 0.717) is 29.4 Å². The second-order valence-corrected chi connectivity index (χ2v) is 6.00. The van der Waals surface area contributed by atoms with Gasteiger partial charge in [-0.2, -0.15) is 0 Å². The fourth-order valence-corrected chi connectivity index (χ4v) is 2.96. The van der Waals surface area contributed by atoms with Gasteiger partial charge in [0.1, 0.15) is 0 Å². The molecule has 5 nitrogen and oxygen atoms in total. The Morgan fingerprint density at radius 3 is 2.26 bits per heavy atom. The number of carbonyl (C=O) groups is 1. The van der Waals surface area contributed by atoms with Gasteiger partial charge in [0.15, 0.2) is 11.5 Å². The van der Waals surface area contributed by atoms with Crippen LogP contribution in [0.2, 0.25) is 0 Å². The summed E-state index contributed by atoms with van der Waals surface area (Å²) < 4.78 is 15.9. The number of carbonyl (C=O) groups excluding carboxylic acids is 1. The van der Waals surface area contributed by atoms with Gasteiger partial charge in [0, 0.05) is 24.0 Å². The average Bonchev–Trinajstić information content (AvgIpc) is 3.10. The van der Waals surface area contributed by atoms with Crippen molar-refractivity contribution in [2.24, 2.45) is 0 Å². The Labute approximate surface area is 140 Å². The molecule has 0 atom stereocenters. The van der Waals surface area contributed by atoms with E-state index in [2.05, 4.69) is 6.07 Å². The molecule has 23 heavy (non-hydrogen) atoms. The monoisotopic (exact) mass is 335 g/mol. The Bertz CT molecular complexity index is 630. The number of benzene rings is 1. The summed E-state index contributed by atoms with van der Waals surface area (Å²) in [4.78, 5) is 15.6. The number of ether oxygens (including phenoxy) is 3. The molecule has 2 aromatic rings. The highest BCUT2D eigenvalue weighted by atomic mass is 32.1. The lowest BCUT2D eigenvalue weighted by atomic mass is 10.1. The summed E-state index contributed by atoms with van der Waals surface area (Å²) in [5.74, 6) is 1.34. The molecule has 0 saturated heterocycles. The Balaban J connectivity index is 2.17. The Morgan fingerprint density at radius 2 is 1.78 bits per heavy atom. The first-order valence-corrected chi connectivity index (χ1v) is 8.06. The van der Waals surface area contributed by atoms with Crippen molar-refractivity contribution >= 4 is 17.2 Å². The van der Waals surface area contributed by atoms with Crippen molar-refractivity contribution < 1.29 is 19.0 Å². The normalized spacial score (nSPS) is 10.3. The highest BCUT2D eigenvalue weighted by Gasteiger charge is 2.19. The van der Waals surface area contributed by atoms with Crippen molar-refractivity contribution in [1.29, 1.82) is 0 Å². The molecule has 1 heterocycles. The third-order valence-electron chi connectivity index (χ3n) is 3.53. The van der Waals surface area contributed by atoms with Crippen LogP contribution in [-0.2, 0) is 6.42 Å². The molecule has 0 bridgehead atoms. The van der Waals surface area contributed by atoms with E-state index in [0.717, 1.165) is 6.42 Å². The number of thiophene rings is 1. The molecule has 1 aromatic heterocycles. The summed E-state index contributed by atoms with van der Waals surface area (Å²) in [7, 11) is 6.40. The fourth-order valence-electron chi connectivity index (χ4n) is 2.26. The molecule has 0 aliphatic rings. The zero-order valence-corrected chi connectivity index (χ0v) is 14.6. The third-order valence-corrected chi connectivity index (χ3v) is 4.47. The van der Waals surface area contributed by atoms with E-state index >= 15 is 0 Å². The molecule has 2 rings (SSSR count). The van der Waals surface area contributed by atoms with Crippen LogP contribution in [0, 0.1) is 0 Å². The van der Waals surface area contributed by atoms with Crippen LogP contribution >= 0.6 is 11.3 Å². The Hall–Kier alpha value is -2.21. The lowest BCUT2D eigenvalue weighted by Gasteiger charge is -2.19. The minimum absolute atomic E-state index is 0.0826. The first-order chi connectivity index (χ1) is 11.1. The summed E-state index contributed by atoms with van der Waals surface area (Å²) in [6, 6.07) is 7.43. The molecular formula is C17H21NO4S. The molecule has 0 unspecified atom stereocenters. The summed E-state index contributed by atoms with van der Waals surface area (Å²) in [6.45, 7) is 0.649. The number of amides is 1. The van der Waals surface area contributed by atoms with E-state index in [1.165, 1.54) is 26.2 Å². The van der Waals surface area contributed by atoms with Gasteiger partial charge in [0.2, 0.25) is 5.75 Å². The van der Waals surface area contributed by atoms with Crippen molar-refractivity contribution in [2.45, 2.75) is 6.42 Å². The molecule has 6 heteroatoms. The van der Waals surface area contributed by atoms with E-state index in [1.54, 1.807) is 35.4 Å². The van der Waals surface area contributed by atoms with Crippen LogP contribution in [0.3, 0.4) is 0 Å². The number of hydrogen-bond donors (Lipinski definition) is 0. The molecule has 1 aromatic carbocycles. The van der Waals surface area contributed by atoms with Gasteiger partial charge in [-0.05, 0) is 30.0 Å². The predicted molar refractivity (Wildman–Crippen MR) is 91.1 cm³/mol. The molecule has 1 amide bonds. The van der Waals surface area contributed by atoms with Crippen LogP contribution in [0.4, 0.5) is 0 Å². The van der Waals surface area contributed by atoms with E-state index in [1.807, 2.05) is 11.4 Å². The van der Waals surface area contributed by atoms with Gasteiger partial charge in [-0.25, -0.2) is 0 Å². The van der Waals surface area contributed by atoms with Crippen molar-refractivity contribution in [3.8, 4) is 17.2 Å². The van der Waals surface area contributed by atoms with Crippen LogP contribution in [-0.4, -0.2) is 45.7 Å². The van der Waals surface area contributed by atoms with Crippen LogP contribution in [0.1, 0.15) is 15.2 Å². The van der Waals surface area contributed by atoms with Gasteiger partial charge >= 0.3 is 0 Å². The summed E-state index contributed by atoms with van der Waals surface area (Å²) in [6.07, 6.45) is 0.838. The molecule has 124 valence electrons. The summed E-state index contributed by atoms with van der Waals surface area (Å²) in [5, 5.41) is 2.04. The zero-order chi connectivity index (χ0) is 16.8. The first kappa shape index (κ1) is 17.1. The number of likely N-dealkylation sites (N-methyl/N-ethyl adjacent to an activating group) is 1. The lowest BCUT2D eigenvalue weighted by Crippen LogP contribution is -2.28.